The van der Waals surface area contributed by atoms with Gasteiger partial charge in [-0.1, -0.05) is 128 Å². The molecule has 11 nitrogen and oxygen atoms in total. The van der Waals surface area contributed by atoms with Crippen LogP contribution in [0.4, 0.5) is 0 Å². The lowest BCUT2D eigenvalue weighted by atomic mass is 9.90. The summed E-state index contributed by atoms with van der Waals surface area (Å²) in [5.74, 6) is -1.18. The summed E-state index contributed by atoms with van der Waals surface area (Å²) >= 11 is 0. The van der Waals surface area contributed by atoms with Gasteiger partial charge in [-0.15, -0.1) is 0 Å². The minimum atomic E-state index is -4.42. The van der Waals surface area contributed by atoms with Crippen molar-refractivity contribution < 1.29 is 47.5 Å². The summed E-state index contributed by atoms with van der Waals surface area (Å²) in [6.07, 6.45) is 28.1. The van der Waals surface area contributed by atoms with Gasteiger partial charge in [0.05, 0.1) is 19.3 Å². The lowest BCUT2D eigenvalue weighted by molar-refractivity contribution is -0.161. The van der Waals surface area contributed by atoms with E-state index in [9.17, 15) is 28.9 Å². The molecule has 294 valence electrons. The molecule has 0 amide bonds. The van der Waals surface area contributed by atoms with E-state index in [1.165, 1.54) is 44.9 Å². The zero-order valence-corrected chi connectivity index (χ0v) is 32.3. The predicted octanol–water partition coefficient (Wildman–Crippen LogP) is 8.22. The van der Waals surface area contributed by atoms with Crippen molar-refractivity contribution in [2.24, 2.45) is 17.6 Å². The zero-order chi connectivity index (χ0) is 37.6. The molecule has 0 spiro atoms. The molecule has 1 aliphatic rings. The summed E-state index contributed by atoms with van der Waals surface area (Å²) in [5.41, 5.74) is 5.33. The van der Waals surface area contributed by atoms with Gasteiger partial charge in [-0.05, 0) is 44.1 Å². The first kappa shape index (κ1) is 46.9. The van der Waals surface area contributed by atoms with Gasteiger partial charge in [-0.3, -0.25) is 23.4 Å². The molecular weight excluding hydrogens is 673 g/mol. The fourth-order valence-electron chi connectivity index (χ4n) is 5.74. The Morgan fingerprint density at radius 3 is 2.16 bits per heavy atom. The highest BCUT2D eigenvalue weighted by Crippen LogP contribution is 2.43. The van der Waals surface area contributed by atoms with Crippen LogP contribution in [-0.4, -0.2) is 66.3 Å². The number of phosphoric ester groups is 1. The second-order valence-electron chi connectivity index (χ2n) is 13.5. The number of unbranched alkanes of at least 4 members (excludes halogenated alkanes) is 13. The highest BCUT2D eigenvalue weighted by molar-refractivity contribution is 7.47. The van der Waals surface area contributed by atoms with Crippen LogP contribution in [0.2, 0.25) is 0 Å². The van der Waals surface area contributed by atoms with Crippen molar-refractivity contribution in [1.82, 2.24) is 0 Å². The van der Waals surface area contributed by atoms with E-state index in [-0.39, 0.29) is 50.2 Å². The van der Waals surface area contributed by atoms with Crippen LogP contribution >= 0.6 is 7.82 Å². The molecule has 0 aromatic rings. The lowest BCUT2D eigenvalue weighted by Gasteiger charge is -2.19. The van der Waals surface area contributed by atoms with Gasteiger partial charge in [0.15, 0.2) is 11.9 Å². The van der Waals surface area contributed by atoms with Gasteiger partial charge in [0, 0.05) is 25.3 Å². The Balaban J connectivity index is 2.42. The normalized spacial score (nSPS) is 18.4. The molecule has 0 radical (unpaired) electrons. The van der Waals surface area contributed by atoms with Crippen LogP contribution in [0, 0.1) is 11.8 Å². The van der Waals surface area contributed by atoms with Crippen LogP contribution in [0.15, 0.2) is 36.5 Å². The van der Waals surface area contributed by atoms with Crippen LogP contribution in [0.25, 0.3) is 0 Å². The van der Waals surface area contributed by atoms with Crippen LogP contribution in [0.5, 0.6) is 0 Å². The van der Waals surface area contributed by atoms with E-state index in [2.05, 4.69) is 13.8 Å². The molecule has 1 aliphatic carbocycles. The van der Waals surface area contributed by atoms with Crippen molar-refractivity contribution in [3.63, 3.8) is 0 Å². The number of nitrogens with two attached hydrogens (primary N) is 1. The molecule has 1 rings (SSSR count). The number of ether oxygens (including phenoxy) is 2. The van der Waals surface area contributed by atoms with Gasteiger partial charge in [0.2, 0.25) is 0 Å². The summed E-state index contributed by atoms with van der Waals surface area (Å²) in [5, 5.41) is 10.2. The lowest BCUT2D eigenvalue weighted by Crippen LogP contribution is -2.29. The van der Waals surface area contributed by atoms with Crippen LogP contribution in [0.1, 0.15) is 142 Å². The van der Waals surface area contributed by atoms with Crippen molar-refractivity contribution in [2.45, 2.75) is 154 Å². The minimum absolute atomic E-state index is 0.0253. The van der Waals surface area contributed by atoms with Crippen LogP contribution in [-0.2, 0) is 37.5 Å². The van der Waals surface area contributed by atoms with Crippen molar-refractivity contribution >= 4 is 25.5 Å². The van der Waals surface area contributed by atoms with Gasteiger partial charge in [-0.25, -0.2) is 4.57 Å². The average molecular weight is 742 g/mol. The molecule has 0 heterocycles. The molecule has 51 heavy (non-hydrogen) atoms. The SMILES string of the molecule is CCCCCCCCCCCCCC(=O)O[C@H](COC(=O)CCC/C=C\C[C@H]1C=CC(=O)[C@@H]1/C=C/[C@@H](O)CCCCC)COP(=O)(O)OCCN. The van der Waals surface area contributed by atoms with Gasteiger partial charge < -0.3 is 25.2 Å². The smallest absolute Gasteiger partial charge is 0.462 e. The highest BCUT2D eigenvalue weighted by atomic mass is 31.2. The molecule has 12 heteroatoms. The third-order valence-corrected chi connectivity index (χ3v) is 9.76. The first-order valence-corrected chi connectivity index (χ1v) is 21.0. The van der Waals surface area contributed by atoms with E-state index in [1.807, 2.05) is 24.3 Å². The molecular formula is C39H68NO10P. The fraction of sp³-hybridized carbons (Fsp3) is 0.769. The van der Waals surface area contributed by atoms with E-state index in [1.54, 1.807) is 12.2 Å². The Morgan fingerprint density at radius 2 is 1.49 bits per heavy atom. The first-order chi connectivity index (χ1) is 24.6. The minimum Gasteiger partial charge on any atom is -0.462 e. The van der Waals surface area contributed by atoms with Gasteiger partial charge in [0.1, 0.15) is 6.61 Å². The third kappa shape index (κ3) is 25.5. The van der Waals surface area contributed by atoms with Gasteiger partial charge in [-0.2, -0.15) is 0 Å². The van der Waals surface area contributed by atoms with E-state index in [0.717, 1.165) is 38.5 Å². The number of esters is 2. The first-order valence-electron chi connectivity index (χ1n) is 19.5. The van der Waals surface area contributed by atoms with E-state index < -0.39 is 38.6 Å². The van der Waals surface area contributed by atoms with Gasteiger partial charge >= 0.3 is 19.8 Å². The summed E-state index contributed by atoms with van der Waals surface area (Å²) < 4.78 is 32.6. The number of aliphatic hydroxyl groups is 1. The predicted molar refractivity (Wildman–Crippen MR) is 201 cm³/mol. The molecule has 0 saturated carbocycles. The number of hydrogen-bond donors (Lipinski definition) is 3. The van der Waals surface area contributed by atoms with E-state index >= 15 is 0 Å². The number of hydrogen-bond acceptors (Lipinski definition) is 10. The monoisotopic (exact) mass is 741 g/mol. The maximum atomic E-state index is 12.5. The molecule has 0 aromatic heterocycles. The maximum Gasteiger partial charge on any atom is 0.472 e. The standard InChI is InChI=1S/C39H68NO10P/c1-3-5-7-8-9-10-11-12-13-14-20-24-39(44)50-35(32-49-51(45,46)48-30-29-40)31-47-38(43)23-19-16-15-18-21-33-25-28-37(42)36(33)27-26-34(41)22-17-6-4-2/h15,18,25-28,33-36,41H,3-14,16-17,19-24,29-32,40H2,1-2H3,(H,45,46)/b18-15-,27-26+/t33-,34-,35+,36+/m0/s1. The number of phosphoric acid groups is 1. The summed E-state index contributed by atoms with van der Waals surface area (Å²) in [6, 6.07) is 0. The molecule has 0 fully saturated rings. The summed E-state index contributed by atoms with van der Waals surface area (Å²) in [6.45, 7) is 3.38. The molecule has 5 atom stereocenters. The molecule has 0 aliphatic heterocycles. The number of allylic oxidation sites excluding steroid dienone is 5. The zero-order valence-electron chi connectivity index (χ0n) is 31.4. The average Bonchev–Trinajstić information content (AvgIpc) is 3.46. The van der Waals surface area contributed by atoms with Crippen molar-refractivity contribution in [2.75, 3.05) is 26.4 Å². The van der Waals surface area contributed by atoms with E-state index in [0.29, 0.717) is 32.1 Å². The number of aliphatic hydroxyl groups excluding tert-OH is 1. The molecule has 0 saturated heterocycles. The second kappa shape index (κ2) is 30.3. The topological polar surface area (TPSA) is 172 Å². The largest absolute Gasteiger partial charge is 0.472 e. The molecule has 0 bridgehead atoms. The van der Waals surface area contributed by atoms with Crippen molar-refractivity contribution in [1.29, 1.82) is 0 Å². The quantitative estimate of drug-likeness (QED) is 0.0256. The molecule has 0 aromatic carbocycles. The number of rotatable bonds is 33. The summed E-state index contributed by atoms with van der Waals surface area (Å²) in [4.78, 5) is 47.2. The number of carbonyl (C=O) groups excluding carboxylic acids is 3. The third-order valence-electron chi connectivity index (χ3n) is 8.78. The second-order valence-corrected chi connectivity index (χ2v) is 14.9. The summed E-state index contributed by atoms with van der Waals surface area (Å²) in [7, 11) is -4.42. The number of carbonyl (C=O) groups is 3. The Morgan fingerprint density at radius 1 is 0.863 bits per heavy atom. The fourth-order valence-corrected chi connectivity index (χ4v) is 6.51. The van der Waals surface area contributed by atoms with Gasteiger partial charge in [0.25, 0.3) is 0 Å². The van der Waals surface area contributed by atoms with Crippen LogP contribution < -0.4 is 5.73 Å². The Bertz CT molecular complexity index is 1080. The van der Waals surface area contributed by atoms with Crippen LogP contribution in [0.3, 0.4) is 0 Å². The van der Waals surface area contributed by atoms with Crippen molar-refractivity contribution in [3.8, 4) is 0 Å². The molecule has 4 N–H and O–H groups in total. The Labute approximate surface area is 307 Å². The van der Waals surface area contributed by atoms with Crippen molar-refractivity contribution in [3.05, 3.63) is 36.5 Å². The number of ketones is 1. The maximum absolute atomic E-state index is 12.5. The Hall–Kier alpha value is -2.14. The highest BCUT2D eigenvalue weighted by Gasteiger charge is 2.27. The van der Waals surface area contributed by atoms with E-state index in [4.69, 9.17) is 24.3 Å². The Kier molecular flexibility index (Phi) is 27.9. The molecule has 1 unspecified atom stereocenters.